The van der Waals surface area contributed by atoms with E-state index >= 15 is 0 Å². The van der Waals surface area contributed by atoms with Gasteiger partial charge in [-0.25, -0.2) is 4.98 Å². The van der Waals surface area contributed by atoms with Crippen LogP contribution in [0.5, 0.6) is 0 Å². The number of aryl methyl sites for hydroxylation is 1. The van der Waals surface area contributed by atoms with Gasteiger partial charge in [-0.15, -0.1) is 0 Å². The number of nitrogen functional groups attached to an aromatic ring is 1. The van der Waals surface area contributed by atoms with E-state index in [1.807, 2.05) is 19.1 Å². The second-order valence-corrected chi connectivity index (χ2v) is 7.41. The van der Waals surface area contributed by atoms with Gasteiger partial charge in [0, 0.05) is 30.3 Å². The van der Waals surface area contributed by atoms with E-state index in [1.165, 1.54) is 12.1 Å². The Bertz CT molecular complexity index is 987. The fourth-order valence-electron chi connectivity index (χ4n) is 3.83. The molecule has 28 heavy (non-hydrogen) atoms. The van der Waals surface area contributed by atoms with E-state index in [9.17, 15) is 13.2 Å². The number of piperidine rings is 1. The summed E-state index contributed by atoms with van der Waals surface area (Å²) in [6, 6.07) is 9.36. The number of nitrogens with two attached hydrogens (primary N) is 1. The van der Waals surface area contributed by atoms with Crippen molar-refractivity contribution < 1.29 is 13.2 Å². The van der Waals surface area contributed by atoms with Gasteiger partial charge in [-0.1, -0.05) is 18.2 Å². The van der Waals surface area contributed by atoms with Crippen LogP contribution in [0.3, 0.4) is 0 Å². The van der Waals surface area contributed by atoms with Crippen LogP contribution in [-0.2, 0) is 12.7 Å². The van der Waals surface area contributed by atoms with Crippen molar-refractivity contribution in [3.63, 3.8) is 0 Å². The van der Waals surface area contributed by atoms with Gasteiger partial charge in [0.05, 0.1) is 11.3 Å². The smallest absolute Gasteiger partial charge is 0.384 e. The Balaban J connectivity index is 1.42. The number of halogens is 3. The lowest BCUT2D eigenvalue weighted by atomic mass is 9.93. The van der Waals surface area contributed by atoms with Crippen LogP contribution in [-0.4, -0.2) is 32.6 Å². The van der Waals surface area contributed by atoms with Gasteiger partial charge in [-0.05, 0) is 44.5 Å². The Morgan fingerprint density at radius 2 is 1.89 bits per heavy atom. The van der Waals surface area contributed by atoms with Crippen molar-refractivity contribution in [2.75, 3.05) is 18.8 Å². The summed E-state index contributed by atoms with van der Waals surface area (Å²) in [5, 5.41) is 4.32. The molecule has 4 rings (SSSR count). The minimum Gasteiger partial charge on any atom is -0.384 e. The van der Waals surface area contributed by atoms with E-state index in [-0.39, 0.29) is 0 Å². The van der Waals surface area contributed by atoms with E-state index in [0.717, 1.165) is 49.0 Å². The molecule has 0 spiro atoms. The highest BCUT2D eigenvalue weighted by molar-refractivity contribution is 5.48. The number of likely N-dealkylation sites (tertiary alicyclic amines) is 1. The molecule has 2 aromatic heterocycles. The van der Waals surface area contributed by atoms with Crippen molar-refractivity contribution >= 4 is 11.5 Å². The lowest BCUT2D eigenvalue weighted by Gasteiger charge is -2.32. The van der Waals surface area contributed by atoms with E-state index in [4.69, 9.17) is 10.7 Å². The molecule has 2 N–H and O–H groups in total. The number of hydrogen-bond acceptors (Lipinski definition) is 4. The molecule has 1 aliphatic heterocycles. The number of rotatable bonds is 3. The molecular formula is C20H22F3N5. The van der Waals surface area contributed by atoms with Crippen LogP contribution in [0.15, 0.2) is 36.4 Å². The van der Waals surface area contributed by atoms with Crippen LogP contribution in [0.1, 0.15) is 41.3 Å². The highest BCUT2D eigenvalue weighted by atomic mass is 19.4. The second-order valence-electron chi connectivity index (χ2n) is 7.41. The van der Waals surface area contributed by atoms with Crippen LogP contribution >= 0.6 is 0 Å². The van der Waals surface area contributed by atoms with E-state index in [1.54, 1.807) is 10.6 Å². The monoisotopic (exact) mass is 389 g/mol. The Morgan fingerprint density at radius 3 is 2.61 bits per heavy atom. The predicted molar refractivity (Wildman–Crippen MR) is 101 cm³/mol. The maximum atomic E-state index is 12.9. The summed E-state index contributed by atoms with van der Waals surface area (Å²) < 4.78 is 40.3. The molecule has 3 heterocycles. The number of alkyl halides is 3. The highest BCUT2D eigenvalue weighted by Gasteiger charge is 2.30. The molecule has 8 heteroatoms. The summed E-state index contributed by atoms with van der Waals surface area (Å²) in [4.78, 5) is 6.90. The molecule has 0 radical (unpaired) electrons. The molecule has 1 fully saturated rings. The maximum Gasteiger partial charge on any atom is 0.416 e. The first-order valence-electron chi connectivity index (χ1n) is 9.31. The first-order chi connectivity index (χ1) is 13.3. The number of fused-ring (bicyclic) bond motifs is 1. The average Bonchev–Trinajstić information content (AvgIpc) is 3.03. The summed E-state index contributed by atoms with van der Waals surface area (Å²) in [7, 11) is 0. The molecule has 0 amide bonds. The predicted octanol–water partition coefficient (Wildman–Crippen LogP) is 4.02. The fraction of sp³-hybridized carbons (Fsp3) is 0.400. The molecular weight excluding hydrogens is 367 g/mol. The van der Waals surface area contributed by atoms with Gasteiger partial charge in [0.1, 0.15) is 5.82 Å². The Hall–Kier alpha value is -2.61. The van der Waals surface area contributed by atoms with Gasteiger partial charge < -0.3 is 5.73 Å². The molecule has 0 bridgehead atoms. The molecule has 1 aliphatic rings. The zero-order chi connectivity index (χ0) is 19.9. The van der Waals surface area contributed by atoms with Gasteiger partial charge in [0.25, 0.3) is 0 Å². The van der Waals surface area contributed by atoms with Crippen molar-refractivity contribution in [3.8, 4) is 0 Å². The summed E-state index contributed by atoms with van der Waals surface area (Å²) in [5.41, 5.74) is 8.79. The topological polar surface area (TPSA) is 59.5 Å². The molecule has 3 aromatic rings. The lowest BCUT2D eigenvalue weighted by Crippen LogP contribution is -2.32. The molecule has 1 saturated heterocycles. The molecule has 0 saturated carbocycles. The van der Waals surface area contributed by atoms with Crippen LogP contribution in [0.25, 0.3) is 5.65 Å². The number of aromatic nitrogens is 3. The molecule has 0 unspecified atom stereocenters. The quantitative estimate of drug-likeness (QED) is 0.735. The molecule has 5 nitrogen and oxygen atoms in total. The number of nitrogens with zero attached hydrogens (tertiary/aromatic N) is 4. The van der Waals surface area contributed by atoms with Gasteiger partial charge >= 0.3 is 6.18 Å². The van der Waals surface area contributed by atoms with Crippen molar-refractivity contribution in [1.82, 2.24) is 19.5 Å². The largest absolute Gasteiger partial charge is 0.416 e. The molecule has 1 aromatic carbocycles. The maximum absolute atomic E-state index is 12.9. The number of hydrogen-bond donors (Lipinski definition) is 1. The standard InChI is InChI=1S/C20H22F3N5/c1-13-9-19-25-17(11-18(24)28(19)26-13)15-5-7-27(8-6-15)12-14-3-2-4-16(10-14)20(21,22)23/h2-4,9-11,15H,5-8,12,24H2,1H3. The zero-order valence-corrected chi connectivity index (χ0v) is 15.6. The summed E-state index contributed by atoms with van der Waals surface area (Å²) in [6.45, 7) is 4.05. The van der Waals surface area contributed by atoms with E-state index < -0.39 is 11.7 Å². The summed E-state index contributed by atoms with van der Waals surface area (Å²) in [5.74, 6) is 0.861. The number of benzene rings is 1. The minimum absolute atomic E-state index is 0.292. The zero-order valence-electron chi connectivity index (χ0n) is 15.6. The van der Waals surface area contributed by atoms with Crippen LogP contribution in [0, 0.1) is 6.92 Å². The van der Waals surface area contributed by atoms with Crippen LogP contribution < -0.4 is 5.73 Å². The fourth-order valence-corrected chi connectivity index (χ4v) is 3.83. The van der Waals surface area contributed by atoms with Gasteiger partial charge in [0.2, 0.25) is 0 Å². The molecule has 0 aliphatic carbocycles. The molecule has 0 atom stereocenters. The second kappa shape index (κ2) is 7.09. The Labute approximate surface area is 161 Å². The van der Waals surface area contributed by atoms with Crippen molar-refractivity contribution in [3.05, 3.63) is 58.9 Å². The Kier molecular flexibility index (Phi) is 4.74. The number of anilines is 1. The van der Waals surface area contributed by atoms with E-state index in [0.29, 0.717) is 23.8 Å². The third-order valence-corrected chi connectivity index (χ3v) is 5.26. The van der Waals surface area contributed by atoms with Crippen molar-refractivity contribution in [1.29, 1.82) is 0 Å². The van der Waals surface area contributed by atoms with E-state index in [2.05, 4.69) is 10.00 Å². The Morgan fingerprint density at radius 1 is 1.14 bits per heavy atom. The summed E-state index contributed by atoms with van der Waals surface area (Å²) >= 11 is 0. The van der Waals surface area contributed by atoms with Crippen LogP contribution in [0.2, 0.25) is 0 Å². The average molecular weight is 389 g/mol. The third-order valence-electron chi connectivity index (χ3n) is 5.26. The SMILES string of the molecule is Cc1cc2nc(C3CCN(Cc4cccc(C(F)(F)F)c4)CC3)cc(N)n2n1. The van der Waals surface area contributed by atoms with Gasteiger partial charge in [-0.3, -0.25) is 4.90 Å². The summed E-state index contributed by atoms with van der Waals surface area (Å²) in [6.07, 6.45) is -2.51. The van der Waals surface area contributed by atoms with Crippen molar-refractivity contribution in [2.45, 2.75) is 38.4 Å². The lowest BCUT2D eigenvalue weighted by molar-refractivity contribution is -0.137. The minimum atomic E-state index is -4.31. The third kappa shape index (κ3) is 3.82. The van der Waals surface area contributed by atoms with Crippen molar-refractivity contribution in [2.24, 2.45) is 0 Å². The van der Waals surface area contributed by atoms with Crippen LogP contribution in [0.4, 0.5) is 19.0 Å². The first kappa shape index (κ1) is 18.7. The van der Waals surface area contributed by atoms with Gasteiger partial charge in [0.15, 0.2) is 5.65 Å². The first-order valence-corrected chi connectivity index (χ1v) is 9.31. The normalized spacial score (nSPS) is 16.7. The van der Waals surface area contributed by atoms with Gasteiger partial charge in [-0.2, -0.15) is 22.8 Å². The molecule has 148 valence electrons. The highest BCUT2D eigenvalue weighted by Crippen LogP contribution is 2.31.